The zero-order valence-corrected chi connectivity index (χ0v) is 19.7. The lowest BCUT2D eigenvalue weighted by Gasteiger charge is -2.18. The highest BCUT2D eigenvalue weighted by atomic mass is 19.1. The molecule has 2 bridgehead atoms. The Labute approximate surface area is 215 Å². The van der Waals surface area contributed by atoms with Gasteiger partial charge in [-0.05, 0) is 75.8 Å². The summed E-state index contributed by atoms with van der Waals surface area (Å²) in [6.45, 7) is 0.0707. The summed E-state index contributed by atoms with van der Waals surface area (Å²) in [6.07, 6.45) is -0.702. The largest absolute Gasteiger partial charge is 0.409 e. The van der Waals surface area contributed by atoms with Crippen LogP contribution < -0.4 is 11.1 Å². The van der Waals surface area contributed by atoms with Crippen LogP contribution in [0.3, 0.4) is 0 Å². The van der Waals surface area contributed by atoms with Crippen molar-refractivity contribution in [3.8, 4) is 11.1 Å². The molecular weight excluding hydrogens is 495 g/mol. The van der Waals surface area contributed by atoms with Gasteiger partial charge in [0.1, 0.15) is 29.7 Å². The van der Waals surface area contributed by atoms with E-state index in [2.05, 4.69) is 10.5 Å². The summed E-state index contributed by atoms with van der Waals surface area (Å²) in [4.78, 5) is 12.9. The van der Waals surface area contributed by atoms with Gasteiger partial charge in [0.15, 0.2) is 5.84 Å². The fourth-order valence-corrected chi connectivity index (χ4v) is 5.09. The lowest BCUT2D eigenvalue weighted by atomic mass is 9.83. The van der Waals surface area contributed by atoms with Gasteiger partial charge in [0.2, 0.25) is 0 Å². The summed E-state index contributed by atoms with van der Waals surface area (Å²) < 4.78 is 48.2. The van der Waals surface area contributed by atoms with E-state index < -0.39 is 23.6 Å². The second-order valence-corrected chi connectivity index (χ2v) is 9.19. The van der Waals surface area contributed by atoms with Gasteiger partial charge in [-0.25, -0.2) is 13.2 Å². The minimum absolute atomic E-state index is 0.0399. The maximum absolute atomic E-state index is 14.4. The van der Waals surface area contributed by atoms with Crippen LogP contribution in [-0.2, 0) is 11.3 Å². The first-order valence-corrected chi connectivity index (χ1v) is 11.8. The van der Waals surface area contributed by atoms with Gasteiger partial charge >= 0.3 is 0 Å². The molecule has 190 valence electrons. The second kappa shape index (κ2) is 9.04. The number of nitrogens with two attached hydrogens (primary N) is 1. The Morgan fingerprint density at radius 2 is 1.61 bits per heavy atom. The Bertz CT molecular complexity index is 1650. The Balaban J connectivity index is 1.22. The summed E-state index contributed by atoms with van der Waals surface area (Å²) >= 11 is 0. The number of carbonyl (C=O) groups is 1. The van der Waals surface area contributed by atoms with Crippen molar-refractivity contribution < 1.29 is 27.9 Å². The van der Waals surface area contributed by atoms with Crippen molar-refractivity contribution in [2.24, 2.45) is 10.9 Å². The van der Waals surface area contributed by atoms with Crippen molar-refractivity contribution in [1.29, 1.82) is 0 Å². The van der Waals surface area contributed by atoms with Crippen molar-refractivity contribution in [2.45, 2.75) is 18.8 Å². The first-order valence-electron chi connectivity index (χ1n) is 11.8. The molecule has 2 unspecified atom stereocenters. The molecular formula is C29H20F3N3O3. The van der Waals surface area contributed by atoms with Crippen LogP contribution in [0.15, 0.2) is 78.0 Å². The predicted octanol–water partition coefficient (Wildman–Crippen LogP) is 5.32. The zero-order valence-electron chi connectivity index (χ0n) is 19.7. The predicted molar refractivity (Wildman–Crippen MR) is 133 cm³/mol. The van der Waals surface area contributed by atoms with Gasteiger partial charge in [-0.1, -0.05) is 29.4 Å². The number of nitrogens with one attached hydrogen (secondary N) is 1. The molecule has 0 aromatic heterocycles. The van der Waals surface area contributed by atoms with Crippen LogP contribution in [0.2, 0.25) is 0 Å². The molecule has 38 heavy (non-hydrogen) atoms. The van der Waals surface area contributed by atoms with E-state index in [4.69, 9.17) is 15.7 Å². The normalized spacial score (nSPS) is 17.3. The molecule has 9 heteroatoms. The topological polar surface area (TPSA) is 96.9 Å². The minimum atomic E-state index is -0.670. The van der Waals surface area contributed by atoms with Crippen LogP contribution in [0.5, 0.6) is 0 Å². The van der Waals surface area contributed by atoms with Gasteiger partial charge in [0.05, 0.1) is 5.56 Å². The van der Waals surface area contributed by atoms with Gasteiger partial charge < -0.3 is 21.0 Å². The lowest BCUT2D eigenvalue weighted by Crippen LogP contribution is -2.23. The van der Waals surface area contributed by atoms with E-state index in [1.807, 2.05) is 18.2 Å². The Morgan fingerprint density at radius 1 is 0.868 bits per heavy atom. The average Bonchev–Trinajstić information content (AvgIpc) is 3.48. The molecule has 2 heterocycles. The van der Waals surface area contributed by atoms with Crippen LogP contribution in [0.4, 0.5) is 13.2 Å². The molecule has 6 rings (SSSR count). The smallest absolute Gasteiger partial charge is 0.251 e. The molecule has 1 amide bonds. The molecule has 6 nitrogen and oxygen atoms in total. The van der Waals surface area contributed by atoms with Crippen molar-refractivity contribution >= 4 is 11.7 Å². The molecule has 2 atom stereocenters. The van der Waals surface area contributed by atoms with E-state index >= 15 is 0 Å². The average molecular weight is 515 g/mol. The van der Waals surface area contributed by atoms with Crippen LogP contribution in [0.25, 0.3) is 11.1 Å². The third-order valence-corrected chi connectivity index (χ3v) is 6.95. The minimum Gasteiger partial charge on any atom is -0.409 e. The van der Waals surface area contributed by atoms with Gasteiger partial charge in [-0.15, -0.1) is 0 Å². The Morgan fingerprint density at radius 3 is 2.34 bits per heavy atom. The van der Waals surface area contributed by atoms with E-state index in [9.17, 15) is 18.0 Å². The standard InChI is InChI=1S/C29H20F3N3O3/c30-17-4-8-18(25(32)12-17)15-2-6-19-22(10-15)27-23-11-16(3-7-20(23)26(19)38-27)29(36)34-13-14-1-5-21(24(31)9-14)28(33)35-37/h1-12,26-27,37H,13H2,(H2,33,35)(H,34,36). The first kappa shape index (κ1) is 23.7. The van der Waals surface area contributed by atoms with E-state index in [-0.39, 0.29) is 30.0 Å². The maximum atomic E-state index is 14.4. The SMILES string of the molecule is N/C(=N\O)c1ccc(CNC(=O)c2ccc3c(c2)C2OC3c3ccc(-c4ccc(F)cc4F)cc32)cc1F. The molecule has 4 N–H and O–H groups in total. The summed E-state index contributed by atoms with van der Waals surface area (Å²) in [5.41, 5.74) is 10.9. The monoisotopic (exact) mass is 515 g/mol. The Kier molecular flexibility index (Phi) is 5.65. The molecule has 0 saturated carbocycles. The highest BCUT2D eigenvalue weighted by Gasteiger charge is 2.43. The van der Waals surface area contributed by atoms with E-state index in [1.165, 1.54) is 24.3 Å². The van der Waals surface area contributed by atoms with Crippen molar-refractivity contribution in [3.63, 3.8) is 0 Å². The van der Waals surface area contributed by atoms with Crippen LogP contribution >= 0.6 is 0 Å². The van der Waals surface area contributed by atoms with E-state index in [0.29, 0.717) is 22.3 Å². The number of ether oxygens (including phenoxy) is 1. The second-order valence-electron chi connectivity index (χ2n) is 9.19. The summed E-state index contributed by atoms with van der Waals surface area (Å²) in [6, 6.07) is 18.5. The molecule has 4 aromatic rings. The number of benzene rings is 4. The van der Waals surface area contributed by atoms with Crippen LogP contribution in [-0.4, -0.2) is 17.0 Å². The molecule has 0 aliphatic carbocycles. The molecule has 0 saturated heterocycles. The Hall–Kier alpha value is -4.63. The molecule has 0 fully saturated rings. The third-order valence-electron chi connectivity index (χ3n) is 6.95. The number of rotatable bonds is 5. The maximum Gasteiger partial charge on any atom is 0.251 e. The van der Waals surface area contributed by atoms with Crippen molar-refractivity contribution in [1.82, 2.24) is 5.32 Å². The van der Waals surface area contributed by atoms with Gasteiger partial charge in [0, 0.05) is 23.7 Å². The fraction of sp³-hybridized carbons (Fsp3) is 0.103. The number of hydrogen-bond donors (Lipinski definition) is 3. The van der Waals surface area contributed by atoms with Gasteiger partial charge in [-0.2, -0.15) is 0 Å². The summed E-state index contributed by atoms with van der Waals surface area (Å²) in [7, 11) is 0. The molecule has 0 spiro atoms. The number of fused-ring (bicyclic) bond motifs is 8. The van der Waals surface area contributed by atoms with E-state index in [1.54, 1.807) is 24.3 Å². The van der Waals surface area contributed by atoms with Gasteiger partial charge in [0.25, 0.3) is 5.91 Å². The number of oxime groups is 1. The number of hydrogen-bond acceptors (Lipinski definition) is 4. The van der Waals surface area contributed by atoms with Crippen molar-refractivity contribution in [2.75, 3.05) is 0 Å². The molecule has 2 aliphatic rings. The highest BCUT2D eigenvalue weighted by molar-refractivity contribution is 5.97. The number of amidine groups is 1. The summed E-state index contributed by atoms with van der Waals surface area (Å²) in [5, 5.41) is 14.3. The lowest BCUT2D eigenvalue weighted by molar-refractivity contribution is 0.0857. The first-order chi connectivity index (χ1) is 18.3. The molecule has 4 aromatic carbocycles. The number of amides is 1. The fourth-order valence-electron chi connectivity index (χ4n) is 5.09. The molecule has 2 aliphatic heterocycles. The number of halogens is 3. The van der Waals surface area contributed by atoms with Crippen molar-refractivity contribution in [3.05, 3.63) is 129 Å². The van der Waals surface area contributed by atoms with Crippen LogP contribution in [0.1, 0.15) is 55.9 Å². The van der Waals surface area contributed by atoms with Gasteiger partial charge in [-0.3, -0.25) is 4.79 Å². The van der Waals surface area contributed by atoms with E-state index in [0.717, 1.165) is 28.3 Å². The van der Waals surface area contributed by atoms with Crippen LogP contribution in [0, 0.1) is 17.5 Å². The number of carbonyl (C=O) groups excluding carboxylic acids is 1. The third kappa shape index (κ3) is 3.88. The highest BCUT2D eigenvalue weighted by Crippen LogP contribution is 2.54. The summed E-state index contributed by atoms with van der Waals surface area (Å²) in [5.74, 6) is -2.65. The zero-order chi connectivity index (χ0) is 26.6. The quantitative estimate of drug-likeness (QED) is 0.145. The molecule has 0 radical (unpaired) electrons. The number of nitrogens with zero attached hydrogens (tertiary/aromatic N) is 1.